The Labute approximate surface area is 184 Å². The highest BCUT2D eigenvalue weighted by Gasteiger charge is 2.36. The molecule has 1 heterocycles. The van der Waals surface area contributed by atoms with E-state index in [-0.39, 0.29) is 10.6 Å². The van der Waals surface area contributed by atoms with Crippen LogP contribution in [0.5, 0.6) is 0 Å². The number of carbonyl (C=O) groups excluding carboxylic acids is 3. The topological polar surface area (TPSA) is 110 Å². The molecule has 0 bridgehead atoms. The number of thioether (sulfide) groups is 1. The van der Waals surface area contributed by atoms with Gasteiger partial charge in [-0.1, -0.05) is 18.2 Å². The number of nitrogens with zero attached hydrogens (tertiary/aromatic N) is 2. The van der Waals surface area contributed by atoms with E-state index in [0.717, 1.165) is 16.0 Å². The normalized spacial score (nSPS) is 15.0. The van der Waals surface area contributed by atoms with Crippen LogP contribution >= 0.6 is 27.7 Å². The summed E-state index contributed by atoms with van der Waals surface area (Å²) < 4.78 is 0.306. The molecular weight excluding hydrogens is 474 g/mol. The van der Waals surface area contributed by atoms with Crippen LogP contribution in [0.25, 0.3) is 6.08 Å². The summed E-state index contributed by atoms with van der Waals surface area (Å²) in [6, 6.07) is 9.96. The summed E-state index contributed by atoms with van der Waals surface area (Å²) in [4.78, 5) is 48.7. The Morgan fingerprint density at radius 3 is 2.67 bits per heavy atom. The van der Waals surface area contributed by atoms with Gasteiger partial charge in [0.05, 0.1) is 14.3 Å². The Bertz CT molecular complexity index is 1120. The van der Waals surface area contributed by atoms with Crippen molar-refractivity contribution in [2.45, 2.75) is 13.8 Å². The van der Waals surface area contributed by atoms with Crippen LogP contribution in [0.2, 0.25) is 0 Å². The predicted octanol–water partition coefficient (Wildman–Crippen LogP) is 4.65. The Hall–Kier alpha value is -2.98. The van der Waals surface area contributed by atoms with E-state index in [1.807, 2.05) is 26.0 Å². The van der Waals surface area contributed by atoms with Crippen molar-refractivity contribution in [1.29, 1.82) is 0 Å². The van der Waals surface area contributed by atoms with Gasteiger partial charge in [-0.15, -0.1) is 0 Å². The third-order valence-corrected chi connectivity index (χ3v) is 5.89. The summed E-state index contributed by atoms with van der Waals surface area (Å²) in [6.45, 7) is 3.31. The van der Waals surface area contributed by atoms with Crippen molar-refractivity contribution in [3.63, 3.8) is 0 Å². The van der Waals surface area contributed by atoms with Gasteiger partial charge in [0.1, 0.15) is 6.54 Å². The number of carbonyl (C=O) groups is 3. The van der Waals surface area contributed by atoms with Gasteiger partial charge in [0.2, 0.25) is 5.91 Å². The van der Waals surface area contributed by atoms with Gasteiger partial charge in [-0.05, 0) is 76.4 Å². The molecule has 0 unspecified atom stereocenters. The number of nitro benzene ring substituents is 1. The van der Waals surface area contributed by atoms with Crippen LogP contribution in [0.4, 0.5) is 16.2 Å². The molecule has 3 amide bonds. The lowest BCUT2D eigenvalue weighted by atomic mass is 10.1. The number of rotatable bonds is 5. The fourth-order valence-corrected chi connectivity index (χ4v) is 3.98. The Morgan fingerprint density at radius 2 is 1.97 bits per heavy atom. The lowest BCUT2D eigenvalue weighted by Gasteiger charge is -2.14. The average Bonchev–Trinajstić information content (AvgIpc) is 2.93. The second-order valence-corrected chi connectivity index (χ2v) is 8.45. The van der Waals surface area contributed by atoms with Gasteiger partial charge in [0.15, 0.2) is 0 Å². The van der Waals surface area contributed by atoms with Gasteiger partial charge < -0.3 is 5.32 Å². The van der Waals surface area contributed by atoms with Crippen molar-refractivity contribution in [3.05, 3.63) is 72.6 Å². The lowest BCUT2D eigenvalue weighted by molar-refractivity contribution is -0.385. The van der Waals surface area contributed by atoms with Crippen LogP contribution < -0.4 is 5.32 Å². The number of anilines is 1. The van der Waals surface area contributed by atoms with Crippen LogP contribution in [-0.2, 0) is 9.59 Å². The number of nitro groups is 1. The molecule has 2 aromatic rings. The smallest absolute Gasteiger partial charge is 0.294 e. The summed E-state index contributed by atoms with van der Waals surface area (Å²) in [5.74, 6) is -1.11. The van der Waals surface area contributed by atoms with Gasteiger partial charge in [-0.2, -0.15) is 0 Å². The molecule has 1 aliphatic heterocycles. The quantitative estimate of drug-likeness (QED) is 0.371. The van der Waals surface area contributed by atoms with Gasteiger partial charge in [-0.3, -0.25) is 29.4 Å². The van der Waals surface area contributed by atoms with Crippen LogP contribution in [0.1, 0.15) is 16.7 Å². The Kier molecular flexibility index (Phi) is 6.37. The second kappa shape index (κ2) is 8.80. The third-order valence-electron chi connectivity index (χ3n) is 4.31. The van der Waals surface area contributed by atoms with E-state index < -0.39 is 28.5 Å². The van der Waals surface area contributed by atoms with Crippen LogP contribution in [0, 0.1) is 24.0 Å². The lowest BCUT2D eigenvalue weighted by Crippen LogP contribution is -2.36. The van der Waals surface area contributed by atoms with Crippen LogP contribution in [-0.4, -0.2) is 33.4 Å². The predicted molar refractivity (Wildman–Crippen MR) is 118 cm³/mol. The average molecular weight is 490 g/mol. The SMILES string of the molecule is Cc1ccc(C)c(NC(=O)CN2C(=O)S/C(=C\c3ccc(Br)c([N+](=O)[O-])c3)C2=O)c1. The molecule has 1 aliphatic rings. The first-order valence-corrected chi connectivity index (χ1v) is 10.3. The molecule has 0 aliphatic carbocycles. The molecule has 0 aromatic heterocycles. The first-order valence-electron chi connectivity index (χ1n) is 8.72. The van der Waals surface area contributed by atoms with Crippen molar-refractivity contribution < 1.29 is 19.3 Å². The van der Waals surface area contributed by atoms with E-state index in [4.69, 9.17) is 0 Å². The standard InChI is InChI=1S/C20H16BrN3O5S/c1-11-3-4-12(2)15(7-11)22-18(25)10-23-19(26)17(30-20(23)27)9-13-5-6-14(21)16(8-13)24(28)29/h3-9H,10H2,1-2H3,(H,22,25)/b17-9-. The number of imide groups is 1. The zero-order chi connectivity index (χ0) is 22.0. The number of aryl methyl sites for hydroxylation is 2. The molecule has 1 saturated heterocycles. The maximum absolute atomic E-state index is 12.6. The Balaban J connectivity index is 1.75. The molecule has 10 heteroatoms. The zero-order valence-electron chi connectivity index (χ0n) is 16.0. The van der Waals surface area contributed by atoms with Crippen molar-refractivity contribution >= 4 is 62.2 Å². The van der Waals surface area contributed by atoms with Gasteiger partial charge >= 0.3 is 0 Å². The highest BCUT2D eigenvalue weighted by molar-refractivity contribution is 9.10. The molecule has 0 radical (unpaired) electrons. The van der Waals surface area contributed by atoms with Gasteiger partial charge in [0, 0.05) is 11.8 Å². The molecule has 0 spiro atoms. The maximum atomic E-state index is 12.6. The molecule has 1 fully saturated rings. The first-order chi connectivity index (χ1) is 14.2. The second-order valence-electron chi connectivity index (χ2n) is 6.60. The highest BCUT2D eigenvalue weighted by Crippen LogP contribution is 2.33. The van der Waals surface area contributed by atoms with Crippen molar-refractivity contribution in [2.75, 3.05) is 11.9 Å². The third kappa shape index (κ3) is 4.77. The molecule has 3 rings (SSSR count). The number of hydrogen-bond acceptors (Lipinski definition) is 6. The molecule has 154 valence electrons. The molecule has 2 aromatic carbocycles. The molecule has 0 atom stereocenters. The summed E-state index contributed by atoms with van der Waals surface area (Å²) in [6.07, 6.45) is 1.40. The number of amides is 3. The first kappa shape index (κ1) is 21.7. The fraction of sp³-hybridized carbons (Fsp3) is 0.150. The van der Waals surface area contributed by atoms with E-state index >= 15 is 0 Å². The van der Waals surface area contributed by atoms with Crippen LogP contribution in [0.15, 0.2) is 45.8 Å². The van der Waals surface area contributed by atoms with E-state index in [1.54, 1.807) is 12.1 Å². The summed E-state index contributed by atoms with van der Waals surface area (Å²) in [5.41, 5.74) is 2.68. The van der Waals surface area contributed by atoms with Gasteiger partial charge in [-0.25, -0.2) is 0 Å². The maximum Gasteiger partial charge on any atom is 0.294 e. The minimum Gasteiger partial charge on any atom is -0.324 e. The number of hydrogen-bond donors (Lipinski definition) is 1. The van der Waals surface area contributed by atoms with E-state index in [2.05, 4.69) is 21.2 Å². The van der Waals surface area contributed by atoms with Gasteiger partial charge in [0.25, 0.3) is 16.8 Å². The van der Waals surface area contributed by atoms with Crippen molar-refractivity contribution in [1.82, 2.24) is 4.90 Å². The molecular formula is C20H16BrN3O5S. The summed E-state index contributed by atoms with van der Waals surface area (Å²) in [7, 11) is 0. The molecule has 8 nitrogen and oxygen atoms in total. The van der Waals surface area contributed by atoms with Crippen LogP contribution in [0.3, 0.4) is 0 Å². The zero-order valence-corrected chi connectivity index (χ0v) is 18.4. The molecule has 0 saturated carbocycles. The highest BCUT2D eigenvalue weighted by atomic mass is 79.9. The van der Waals surface area contributed by atoms with Crippen molar-refractivity contribution in [3.8, 4) is 0 Å². The fourth-order valence-electron chi connectivity index (χ4n) is 2.75. The number of nitrogens with one attached hydrogen (secondary N) is 1. The summed E-state index contributed by atoms with van der Waals surface area (Å²) in [5, 5.41) is 13.2. The van der Waals surface area contributed by atoms with Crippen molar-refractivity contribution in [2.24, 2.45) is 0 Å². The minimum atomic E-state index is -0.619. The Morgan fingerprint density at radius 1 is 1.23 bits per heavy atom. The molecule has 30 heavy (non-hydrogen) atoms. The van der Waals surface area contributed by atoms with E-state index in [9.17, 15) is 24.5 Å². The number of halogens is 1. The monoisotopic (exact) mass is 489 g/mol. The minimum absolute atomic E-state index is 0.0937. The van der Waals surface area contributed by atoms with E-state index in [0.29, 0.717) is 27.5 Å². The molecule has 1 N–H and O–H groups in total. The summed E-state index contributed by atoms with van der Waals surface area (Å²) >= 11 is 3.78. The number of benzene rings is 2. The largest absolute Gasteiger partial charge is 0.324 e. The van der Waals surface area contributed by atoms with E-state index in [1.165, 1.54) is 18.2 Å².